The second-order valence-electron chi connectivity index (χ2n) is 5.89. The van der Waals surface area contributed by atoms with E-state index in [1.165, 1.54) is 0 Å². The van der Waals surface area contributed by atoms with Gasteiger partial charge in [0, 0.05) is 24.6 Å². The van der Waals surface area contributed by atoms with Crippen molar-refractivity contribution in [2.24, 2.45) is 0 Å². The van der Waals surface area contributed by atoms with Crippen LogP contribution >= 0.6 is 0 Å². The molecule has 110 valence electrons. The van der Waals surface area contributed by atoms with E-state index in [-0.39, 0.29) is 17.6 Å². The van der Waals surface area contributed by atoms with Crippen LogP contribution in [0.4, 0.5) is 0 Å². The Balaban J connectivity index is 2.02. The van der Waals surface area contributed by atoms with E-state index >= 15 is 0 Å². The van der Waals surface area contributed by atoms with Gasteiger partial charge in [0.15, 0.2) is 0 Å². The van der Waals surface area contributed by atoms with Crippen LogP contribution in [-0.4, -0.2) is 24.6 Å². The predicted octanol–water partition coefficient (Wildman–Crippen LogP) is 2.40. The second-order valence-corrected chi connectivity index (χ2v) is 5.89. The zero-order valence-electron chi connectivity index (χ0n) is 12.5. The van der Waals surface area contributed by atoms with E-state index in [2.05, 4.69) is 30.5 Å². The standard InChI is InChI=1S/C16H24N2O2/c1-4-9-17-15(19)11-18-13-10-16(2,3)20-14-8-6-5-7-12(13)14/h5-8,13,18H,4,9-11H2,1-3H3,(H,17,19). The fraction of sp³-hybridized carbons (Fsp3) is 0.562. The number of amides is 1. The molecule has 1 atom stereocenters. The third-order valence-electron chi connectivity index (χ3n) is 3.46. The van der Waals surface area contributed by atoms with Crippen LogP contribution in [0.3, 0.4) is 0 Å². The van der Waals surface area contributed by atoms with Crippen molar-refractivity contribution >= 4 is 5.91 Å². The Hall–Kier alpha value is -1.55. The predicted molar refractivity (Wildman–Crippen MR) is 79.8 cm³/mol. The number of carbonyl (C=O) groups excluding carboxylic acids is 1. The Morgan fingerprint density at radius 3 is 2.90 bits per heavy atom. The number of benzene rings is 1. The van der Waals surface area contributed by atoms with Gasteiger partial charge in [-0.05, 0) is 26.3 Å². The molecule has 0 saturated carbocycles. The molecule has 0 bridgehead atoms. The highest BCUT2D eigenvalue weighted by molar-refractivity contribution is 5.78. The van der Waals surface area contributed by atoms with Crippen molar-refractivity contribution in [1.82, 2.24) is 10.6 Å². The van der Waals surface area contributed by atoms with Crippen LogP contribution in [0, 0.1) is 0 Å². The molecule has 4 heteroatoms. The van der Waals surface area contributed by atoms with Crippen molar-refractivity contribution in [3.8, 4) is 5.75 Å². The number of para-hydroxylation sites is 1. The van der Waals surface area contributed by atoms with E-state index in [4.69, 9.17) is 4.74 Å². The smallest absolute Gasteiger partial charge is 0.233 e. The van der Waals surface area contributed by atoms with Gasteiger partial charge < -0.3 is 15.4 Å². The number of carbonyl (C=O) groups is 1. The van der Waals surface area contributed by atoms with Crippen molar-refractivity contribution in [3.05, 3.63) is 29.8 Å². The third-order valence-corrected chi connectivity index (χ3v) is 3.46. The second kappa shape index (κ2) is 6.27. The zero-order chi connectivity index (χ0) is 14.6. The lowest BCUT2D eigenvalue weighted by molar-refractivity contribution is -0.120. The molecule has 0 saturated heterocycles. The van der Waals surface area contributed by atoms with E-state index < -0.39 is 0 Å². The summed E-state index contributed by atoms with van der Waals surface area (Å²) in [6.07, 6.45) is 1.81. The quantitative estimate of drug-likeness (QED) is 0.868. The van der Waals surface area contributed by atoms with E-state index in [1.54, 1.807) is 0 Å². The van der Waals surface area contributed by atoms with Gasteiger partial charge in [-0.1, -0.05) is 25.1 Å². The van der Waals surface area contributed by atoms with Crippen molar-refractivity contribution in [2.75, 3.05) is 13.1 Å². The fourth-order valence-corrected chi connectivity index (χ4v) is 2.53. The van der Waals surface area contributed by atoms with Gasteiger partial charge in [0.05, 0.1) is 6.54 Å². The van der Waals surface area contributed by atoms with E-state index in [0.29, 0.717) is 6.54 Å². The van der Waals surface area contributed by atoms with Gasteiger partial charge in [0.1, 0.15) is 11.4 Å². The fourth-order valence-electron chi connectivity index (χ4n) is 2.53. The average Bonchev–Trinajstić information content (AvgIpc) is 2.41. The van der Waals surface area contributed by atoms with E-state index in [9.17, 15) is 4.79 Å². The van der Waals surface area contributed by atoms with Crippen LogP contribution < -0.4 is 15.4 Å². The van der Waals surface area contributed by atoms with Crippen LogP contribution in [0.15, 0.2) is 24.3 Å². The van der Waals surface area contributed by atoms with Gasteiger partial charge in [-0.15, -0.1) is 0 Å². The molecular formula is C16H24N2O2. The largest absolute Gasteiger partial charge is 0.487 e. The normalized spacial score (nSPS) is 19.9. The summed E-state index contributed by atoms with van der Waals surface area (Å²) < 4.78 is 5.98. The van der Waals surface area contributed by atoms with Crippen molar-refractivity contribution in [3.63, 3.8) is 0 Å². The molecule has 20 heavy (non-hydrogen) atoms. The molecule has 2 N–H and O–H groups in total. The molecule has 1 amide bonds. The Labute approximate surface area is 120 Å². The summed E-state index contributed by atoms with van der Waals surface area (Å²) in [5, 5.41) is 6.23. The zero-order valence-corrected chi connectivity index (χ0v) is 12.5. The van der Waals surface area contributed by atoms with Crippen LogP contribution in [0.1, 0.15) is 45.2 Å². The molecule has 0 fully saturated rings. The van der Waals surface area contributed by atoms with Crippen molar-refractivity contribution in [2.45, 2.75) is 45.3 Å². The summed E-state index contributed by atoms with van der Waals surface area (Å²) in [5.41, 5.74) is 0.918. The Morgan fingerprint density at radius 2 is 2.15 bits per heavy atom. The summed E-state index contributed by atoms with van der Waals surface area (Å²) in [6.45, 7) is 7.28. The molecule has 0 spiro atoms. The van der Waals surface area contributed by atoms with Gasteiger partial charge in [-0.25, -0.2) is 0 Å². The molecule has 0 aromatic heterocycles. The van der Waals surface area contributed by atoms with E-state index in [1.807, 2.05) is 25.1 Å². The van der Waals surface area contributed by atoms with Gasteiger partial charge in [-0.3, -0.25) is 4.79 Å². The number of rotatable bonds is 5. The highest BCUT2D eigenvalue weighted by Crippen LogP contribution is 2.38. The molecule has 1 aliphatic heterocycles. The first-order valence-corrected chi connectivity index (χ1v) is 7.30. The first-order chi connectivity index (χ1) is 9.52. The molecule has 0 radical (unpaired) electrons. The molecule has 2 rings (SSSR count). The number of fused-ring (bicyclic) bond motifs is 1. The minimum absolute atomic E-state index is 0.0497. The van der Waals surface area contributed by atoms with Gasteiger partial charge >= 0.3 is 0 Å². The Kier molecular flexibility index (Phi) is 4.65. The highest BCUT2D eigenvalue weighted by Gasteiger charge is 2.33. The number of hydrogen-bond donors (Lipinski definition) is 2. The number of hydrogen-bond acceptors (Lipinski definition) is 3. The van der Waals surface area contributed by atoms with Crippen LogP contribution in [-0.2, 0) is 4.79 Å². The number of nitrogens with one attached hydrogen (secondary N) is 2. The minimum Gasteiger partial charge on any atom is -0.487 e. The molecular weight excluding hydrogens is 252 g/mol. The van der Waals surface area contributed by atoms with E-state index in [0.717, 1.165) is 30.7 Å². The summed E-state index contributed by atoms with van der Waals surface area (Å²) in [6, 6.07) is 8.19. The number of ether oxygens (including phenoxy) is 1. The van der Waals surface area contributed by atoms with Crippen molar-refractivity contribution in [1.29, 1.82) is 0 Å². The van der Waals surface area contributed by atoms with Crippen LogP contribution in [0.5, 0.6) is 5.75 Å². The molecule has 1 unspecified atom stereocenters. The van der Waals surface area contributed by atoms with Crippen molar-refractivity contribution < 1.29 is 9.53 Å². The lowest BCUT2D eigenvalue weighted by Crippen LogP contribution is -2.42. The van der Waals surface area contributed by atoms with Crippen LogP contribution in [0.25, 0.3) is 0 Å². The average molecular weight is 276 g/mol. The molecule has 1 aromatic rings. The molecule has 4 nitrogen and oxygen atoms in total. The maximum atomic E-state index is 11.7. The molecule has 0 aliphatic carbocycles. The SMILES string of the molecule is CCCNC(=O)CNC1CC(C)(C)Oc2ccccc21. The summed E-state index contributed by atoms with van der Waals surface area (Å²) in [4.78, 5) is 11.7. The molecule has 1 aromatic carbocycles. The summed E-state index contributed by atoms with van der Waals surface area (Å²) in [5.74, 6) is 0.962. The summed E-state index contributed by atoms with van der Waals surface area (Å²) >= 11 is 0. The first-order valence-electron chi connectivity index (χ1n) is 7.30. The third kappa shape index (κ3) is 3.73. The topological polar surface area (TPSA) is 50.4 Å². The van der Waals surface area contributed by atoms with Gasteiger partial charge in [0.2, 0.25) is 5.91 Å². The maximum Gasteiger partial charge on any atom is 0.233 e. The summed E-state index contributed by atoms with van der Waals surface area (Å²) in [7, 11) is 0. The highest BCUT2D eigenvalue weighted by atomic mass is 16.5. The maximum absolute atomic E-state index is 11.7. The first kappa shape index (κ1) is 14.9. The van der Waals surface area contributed by atoms with Crippen LogP contribution in [0.2, 0.25) is 0 Å². The lowest BCUT2D eigenvalue weighted by Gasteiger charge is -2.38. The monoisotopic (exact) mass is 276 g/mol. The lowest BCUT2D eigenvalue weighted by atomic mass is 9.90. The Morgan fingerprint density at radius 1 is 1.40 bits per heavy atom. The molecule has 1 heterocycles. The molecule has 1 aliphatic rings. The Bertz CT molecular complexity index is 471. The van der Waals surface area contributed by atoms with Gasteiger partial charge in [0.25, 0.3) is 0 Å². The van der Waals surface area contributed by atoms with Gasteiger partial charge in [-0.2, -0.15) is 0 Å². The minimum atomic E-state index is -0.216.